The van der Waals surface area contributed by atoms with Gasteiger partial charge in [0, 0.05) is 17.8 Å². The van der Waals surface area contributed by atoms with Gasteiger partial charge in [0.25, 0.3) is 5.91 Å². The molecule has 0 aromatic heterocycles. The van der Waals surface area contributed by atoms with Crippen molar-refractivity contribution in [2.24, 2.45) is 0 Å². The molecule has 0 saturated carbocycles. The van der Waals surface area contributed by atoms with Gasteiger partial charge in [-0.1, -0.05) is 6.07 Å². The average Bonchev–Trinajstić information content (AvgIpc) is 2.11. The first kappa shape index (κ1) is 10.6. The molecule has 1 aromatic rings. The number of carbonyl (C=O) groups is 1. The van der Waals surface area contributed by atoms with Crippen molar-refractivity contribution in [2.75, 3.05) is 12.3 Å². The third-order valence-corrected chi connectivity index (χ3v) is 2.19. The molecule has 14 heavy (non-hydrogen) atoms. The van der Waals surface area contributed by atoms with E-state index in [9.17, 15) is 4.79 Å². The summed E-state index contributed by atoms with van der Waals surface area (Å²) in [4.78, 5) is 11.6. The molecule has 0 atom stereocenters. The zero-order valence-electron chi connectivity index (χ0n) is 8.85. The Hall–Kier alpha value is -1.51. The number of aryl methyl sites for hydroxylation is 2. The van der Waals surface area contributed by atoms with Crippen molar-refractivity contribution in [2.45, 2.75) is 20.8 Å². The fourth-order valence-electron chi connectivity index (χ4n) is 1.37. The highest BCUT2D eigenvalue weighted by Gasteiger charge is 2.09. The van der Waals surface area contributed by atoms with Crippen molar-refractivity contribution in [1.29, 1.82) is 0 Å². The lowest BCUT2D eigenvalue weighted by molar-refractivity contribution is 0.0955. The summed E-state index contributed by atoms with van der Waals surface area (Å²) >= 11 is 0. The maximum atomic E-state index is 11.6. The molecule has 1 amide bonds. The average molecular weight is 192 g/mol. The van der Waals surface area contributed by atoms with Gasteiger partial charge < -0.3 is 11.1 Å². The van der Waals surface area contributed by atoms with Gasteiger partial charge in [-0.15, -0.1) is 0 Å². The molecule has 0 aliphatic heterocycles. The van der Waals surface area contributed by atoms with Gasteiger partial charge >= 0.3 is 0 Å². The molecule has 3 N–H and O–H groups in total. The van der Waals surface area contributed by atoms with E-state index in [2.05, 4.69) is 5.32 Å². The van der Waals surface area contributed by atoms with E-state index >= 15 is 0 Å². The molecular weight excluding hydrogens is 176 g/mol. The van der Waals surface area contributed by atoms with Crippen LogP contribution < -0.4 is 11.1 Å². The quantitative estimate of drug-likeness (QED) is 0.700. The number of rotatable bonds is 2. The molecular formula is C11H16N2O. The Kier molecular flexibility index (Phi) is 3.12. The highest BCUT2D eigenvalue weighted by Crippen LogP contribution is 2.17. The molecule has 1 rings (SSSR count). The van der Waals surface area contributed by atoms with Crippen LogP contribution in [0.3, 0.4) is 0 Å². The third kappa shape index (κ3) is 2.05. The van der Waals surface area contributed by atoms with Crippen molar-refractivity contribution in [3.63, 3.8) is 0 Å². The molecule has 1 aromatic carbocycles. The van der Waals surface area contributed by atoms with E-state index in [0.717, 1.165) is 11.1 Å². The van der Waals surface area contributed by atoms with Crippen LogP contribution in [0.15, 0.2) is 12.1 Å². The minimum Gasteiger partial charge on any atom is -0.398 e. The van der Waals surface area contributed by atoms with Gasteiger partial charge in [0.2, 0.25) is 0 Å². The monoisotopic (exact) mass is 192 g/mol. The maximum Gasteiger partial charge on any atom is 0.251 e. The Morgan fingerprint density at radius 3 is 2.57 bits per heavy atom. The smallest absolute Gasteiger partial charge is 0.251 e. The third-order valence-electron chi connectivity index (χ3n) is 2.19. The zero-order chi connectivity index (χ0) is 10.7. The summed E-state index contributed by atoms with van der Waals surface area (Å²) in [7, 11) is 0. The molecule has 0 saturated heterocycles. The van der Waals surface area contributed by atoms with Gasteiger partial charge in [0.05, 0.1) is 0 Å². The largest absolute Gasteiger partial charge is 0.398 e. The summed E-state index contributed by atoms with van der Waals surface area (Å²) in [6.07, 6.45) is 0. The van der Waals surface area contributed by atoms with Gasteiger partial charge in [-0.3, -0.25) is 4.79 Å². The highest BCUT2D eigenvalue weighted by atomic mass is 16.1. The minimum absolute atomic E-state index is 0.0586. The van der Waals surface area contributed by atoms with Crippen molar-refractivity contribution in [3.05, 3.63) is 28.8 Å². The second-order valence-corrected chi connectivity index (χ2v) is 3.38. The van der Waals surface area contributed by atoms with Crippen LogP contribution in [-0.2, 0) is 0 Å². The summed E-state index contributed by atoms with van der Waals surface area (Å²) in [5.41, 5.74) is 9.04. The summed E-state index contributed by atoms with van der Waals surface area (Å²) < 4.78 is 0. The molecule has 0 radical (unpaired) electrons. The van der Waals surface area contributed by atoms with Crippen molar-refractivity contribution in [3.8, 4) is 0 Å². The first-order chi connectivity index (χ1) is 6.56. The Bertz CT molecular complexity index is 359. The molecule has 0 aliphatic carbocycles. The van der Waals surface area contributed by atoms with Crippen LogP contribution in [0.4, 0.5) is 5.69 Å². The lowest BCUT2D eigenvalue weighted by atomic mass is 10.0. The Labute approximate surface area is 84.3 Å². The standard InChI is InChI=1S/C11H16N2O/c1-4-13-11(14)9-6-10(12)8(3)5-7(9)2/h5-6H,4,12H2,1-3H3,(H,13,14). The van der Waals surface area contributed by atoms with E-state index in [0.29, 0.717) is 17.8 Å². The molecule has 0 fully saturated rings. The number of amides is 1. The predicted octanol–water partition coefficient (Wildman–Crippen LogP) is 1.64. The molecule has 0 aliphatic rings. The van der Waals surface area contributed by atoms with Crippen LogP contribution in [0.1, 0.15) is 28.4 Å². The van der Waals surface area contributed by atoms with Gasteiger partial charge in [0.1, 0.15) is 0 Å². The number of nitrogens with one attached hydrogen (secondary N) is 1. The molecule has 0 bridgehead atoms. The van der Waals surface area contributed by atoms with Gasteiger partial charge in [-0.05, 0) is 38.0 Å². The van der Waals surface area contributed by atoms with E-state index in [1.165, 1.54) is 0 Å². The van der Waals surface area contributed by atoms with E-state index in [4.69, 9.17) is 5.73 Å². The number of nitrogen functional groups attached to an aromatic ring is 1. The Balaban J connectivity index is 3.09. The van der Waals surface area contributed by atoms with Crippen molar-refractivity contribution >= 4 is 11.6 Å². The summed E-state index contributed by atoms with van der Waals surface area (Å²) in [5.74, 6) is -0.0586. The second kappa shape index (κ2) is 4.13. The van der Waals surface area contributed by atoms with Gasteiger partial charge in [-0.2, -0.15) is 0 Å². The molecule has 76 valence electrons. The van der Waals surface area contributed by atoms with Crippen LogP contribution in [0, 0.1) is 13.8 Å². The first-order valence-corrected chi connectivity index (χ1v) is 4.71. The van der Waals surface area contributed by atoms with Gasteiger partial charge in [-0.25, -0.2) is 0 Å². The molecule has 0 spiro atoms. The van der Waals surface area contributed by atoms with E-state index in [-0.39, 0.29) is 5.91 Å². The SMILES string of the molecule is CCNC(=O)c1cc(N)c(C)cc1C. The van der Waals surface area contributed by atoms with E-state index < -0.39 is 0 Å². The van der Waals surface area contributed by atoms with E-state index in [1.807, 2.05) is 26.8 Å². The molecule has 3 heteroatoms. The summed E-state index contributed by atoms with van der Waals surface area (Å²) in [6, 6.07) is 3.66. The predicted molar refractivity (Wildman–Crippen MR) is 58.3 cm³/mol. The number of nitrogens with two attached hydrogens (primary N) is 1. The second-order valence-electron chi connectivity index (χ2n) is 3.38. The molecule has 0 unspecified atom stereocenters. The number of hydrogen-bond acceptors (Lipinski definition) is 2. The van der Waals surface area contributed by atoms with Crippen LogP contribution in [0.25, 0.3) is 0 Å². The molecule has 3 nitrogen and oxygen atoms in total. The number of benzene rings is 1. The summed E-state index contributed by atoms with van der Waals surface area (Å²) in [5, 5.41) is 2.75. The van der Waals surface area contributed by atoms with Crippen LogP contribution in [-0.4, -0.2) is 12.5 Å². The van der Waals surface area contributed by atoms with Crippen LogP contribution in [0.5, 0.6) is 0 Å². The minimum atomic E-state index is -0.0586. The van der Waals surface area contributed by atoms with E-state index in [1.54, 1.807) is 6.07 Å². The maximum absolute atomic E-state index is 11.6. The molecule has 0 heterocycles. The number of carbonyl (C=O) groups excluding carboxylic acids is 1. The number of hydrogen-bond donors (Lipinski definition) is 2. The lowest BCUT2D eigenvalue weighted by Crippen LogP contribution is -2.23. The van der Waals surface area contributed by atoms with Crippen LogP contribution in [0.2, 0.25) is 0 Å². The highest BCUT2D eigenvalue weighted by molar-refractivity contribution is 5.96. The summed E-state index contributed by atoms with van der Waals surface area (Å²) in [6.45, 7) is 6.37. The fraction of sp³-hybridized carbons (Fsp3) is 0.364. The number of anilines is 1. The van der Waals surface area contributed by atoms with Gasteiger partial charge in [0.15, 0.2) is 0 Å². The first-order valence-electron chi connectivity index (χ1n) is 4.71. The van der Waals surface area contributed by atoms with Crippen molar-refractivity contribution < 1.29 is 4.79 Å². The topological polar surface area (TPSA) is 55.1 Å². The Morgan fingerprint density at radius 1 is 1.36 bits per heavy atom. The normalized spacial score (nSPS) is 9.93. The lowest BCUT2D eigenvalue weighted by Gasteiger charge is -2.08. The fourth-order valence-corrected chi connectivity index (χ4v) is 1.37. The Morgan fingerprint density at radius 2 is 2.00 bits per heavy atom. The van der Waals surface area contributed by atoms with Crippen molar-refractivity contribution in [1.82, 2.24) is 5.32 Å². The van der Waals surface area contributed by atoms with Crippen LogP contribution >= 0.6 is 0 Å². The zero-order valence-corrected chi connectivity index (χ0v) is 8.85.